The van der Waals surface area contributed by atoms with Crippen LogP contribution in [0.15, 0.2) is 130 Å². The van der Waals surface area contributed by atoms with Gasteiger partial charge in [-0.15, -0.1) is 0 Å². The summed E-state index contributed by atoms with van der Waals surface area (Å²) in [6.45, 7) is 0. The topological polar surface area (TPSA) is 17.1 Å². The molecular weight excluding hydrogens is 348 g/mol. The van der Waals surface area contributed by atoms with E-state index < -0.39 is 0 Å². The van der Waals surface area contributed by atoms with E-state index in [-0.39, 0.29) is 16.7 Å². The SMILES string of the molecule is O=C(c1ccccc1)c1cccc([S+](c2ccccc2)c2ccccc2)c1. The van der Waals surface area contributed by atoms with Gasteiger partial charge in [0.05, 0.1) is 10.9 Å². The Hall–Kier alpha value is -3.10. The third-order valence-corrected chi connectivity index (χ3v) is 6.54. The second-order valence-corrected chi connectivity index (χ2v) is 8.18. The zero-order chi connectivity index (χ0) is 18.5. The molecule has 0 radical (unpaired) electrons. The fourth-order valence-corrected chi connectivity index (χ4v) is 5.18. The summed E-state index contributed by atoms with van der Waals surface area (Å²) < 4.78 is 0. The Morgan fingerprint density at radius 1 is 0.481 bits per heavy atom. The Kier molecular flexibility index (Phi) is 5.17. The highest BCUT2D eigenvalue weighted by Crippen LogP contribution is 2.31. The van der Waals surface area contributed by atoms with Gasteiger partial charge < -0.3 is 0 Å². The van der Waals surface area contributed by atoms with Crippen LogP contribution in [0.1, 0.15) is 15.9 Å². The van der Waals surface area contributed by atoms with Crippen LogP contribution in [0.3, 0.4) is 0 Å². The average molecular weight is 367 g/mol. The first-order valence-electron chi connectivity index (χ1n) is 8.87. The number of hydrogen-bond acceptors (Lipinski definition) is 1. The van der Waals surface area contributed by atoms with E-state index in [1.165, 1.54) is 9.79 Å². The third-order valence-electron chi connectivity index (χ3n) is 4.33. The lowest BCUT2D eigenvalue weighted by Crippen LogP contribution is -2.07. The van der Waals surface area contributed by atoms with Crippen molar-refractivity contribution in [2.24, 2.45) is 0 Å². The quantitative estimate of drug-likeness (QED) is 0.312. The summed E-state index contributed by atoms with van der Waals surface area (Å²) in [5.41, 5.74) is 1.44. The van der Waals surface area contributed by atoms with E-state index in [1.54, 1.807) is 0 Å². The smallest absolute Gasteiger partial charge is 0.193 e. The van der Waals surface area contributed by atoms with Crippen LogP contribution in [-0.2, 0) is 10.9 Å². The van der Waals surface area contributed by atoms with Gasteiger partial charge in [-0.05, 0) is 30.3 Å². The first kappa shape index (κ1) is 17.3. The molecule has 1 nitrogen and oxygen atoms in total. The lowest BCUT2D eigenvalue weighted by molar-refractivity contribution is 0.103. The minimum absolute atomic E-state index is 0.0575. The molecule has 0 saturated carbocycles. The molecule has 0 aromatic heterocycles. The standard InChI is InChI=1S/C25H19OS/c26-25(20-11-4-1-5-12-20)21-13-10-18-24(19-21)27(22-14-6-2-7-15-22)23-16-8-3-9-17-23/h1-19H/q+1. The Bertz CT molecular complexity index is 988. The molecule has 27 heavy (non-hydrogen) atoms. The van der Waals surface area contributed by atoms with E-state index in [2.05, 4.69) is 54.6 Å². The van der Waals surface area contributed by atoms with Gasteiger partial charge >= 0.3 is 0 Å². The van der Waals surface area contributed by atoms with Gasteiger partial charge in [0.25, 0.3) is 0 Å². The molecule has 0 aliphatic carbocycles. The highest BCUT2D eigenvalue weighted by Gasteiger charge is 2.29. The number of rotatable bonds is 5. The lowest BCUT2D eigenvalue weighted by Gasteiger charge is -2.09. The fraction of sp³-hybridized carbons (Fsp3) is 0. The minimum Gasteiger partial charge on any atom is -0.289 e. The van der Waals surface area contributed by atoms with Crippen molar-refractivity contribution in [3.05, 3.63) is 126 Å². The molecule has 130 valence electrons. The van der Waals surface area contributed by atoms with Crippen molar-refractivity contribution in [2.75, 3.05) is 0 Å². The van der Waals surface area contributed by atoms with Crippen LogP contribution in [0.25, 0.3) is 0 Å². The third kappa shape index (κ3) is 3.86. The molecular formula is C25H19OS+. The summed E-state index contributed by atoms with van der Waals surface area (Å²) in [4.78, 5) is 16.5. The van der Waals surface area contributed by atoms with Gasteiger partial charge in [0.2, 0.25) is 0 Å². The minimum atomic E-state index is -0.250. The summed E-state index contributed by atoms with van der Waals surface area (Å²) in [6, 6.07) is 38.4. The zero-order valence-corrected chi connectivity index (χ0v) is 15.6. The van der Waals surface area contributed by atoms with Crippen molar-refractivity contribution in [3.63, 3.8) is 0 Å². The van der Waals surface area contributed by atoms with E-state index in [4.69, 9.17) is 0 Å². The van der Waals surface area contributed by atoms with Crippen LogP contribution in [0.4, 0.5) is 0 Å². The van der Waals surface area contributed by atoms with Crippen LogP contribution in [-0.4, -0.2) is 5.78 Å². The molecule has 0 atom stereocenters. The van der Waals surface area contributed by atoms with Crippen molar-refractivity contribution in [2.45, 2.75) is 14.7 Å². The molecule has 4 aromatic rings. The number of carbonyl (C=O) groups excluding carboxylic acids is 1. The van der Waals surface area contributed by atoms with Crippen LogP contribution in [0.2, 0.25) is 0 Å². The van der Waals surface area contributed by atoms with Crippen LogP contribution >= 0.6 is 0 Å². The predicted octanol–water partition coefficient (Wildman–Crippen LogP) is 6.01. The maximum absolute atomic E-state index is 12.9. The lowest BCUT2D eigenvalue weighted by atomic mass is 10.0. The summed E-state index contributed by atoms with van der Waals surface area (Å²) >= 11 is 0. The molecule has 2 heteroatoms. The van der Waals surface area contributed by atoms with E-state index >= 15 is 0 Å². The number of ketones is 1. The maximum atomic E-state index is 12.9. The van der Waals surface area contributed by atoms with Gasteiger partial charge in [-0.3, -0.25) is 4.79 Å². The predicted molar refractivity (Wildman–Crippen MR) is 111 cm³/mol. The molecule has 0 fully saturated rings. The molecule has 0 N–H and O–H groups in total. The van der Waals surface area contributed by atoms with Crippen molar-refractivity contribution in [1.82, 2.24) is 0 Å². The molecule has 0 amide bonds. The first-order valence-corrected chi connectivity index (χ1v) is 10.1. The second kappa shape index (κ2) is 8.07. The molecule has 4 rings (SSSR count). The monoisotopic (exact) mass is 367 g/mol. The fourth-order valence-electron chi connectivity index (χ4n) is 3.04. The molecule has 0 unspecified atom stereocenters. The molecule has 0 heterocycles. The molecule has 4 aromatic carbocycles. The Labute approximate surface area is 162 Å². The van der Waals surface area contributed by atoms with E-state index in [1.807, 2.05) is 60.7 Å². The summed E-state index contributed by atoms with van der Waals surface area (Å²) in [6.07, 6.45) is 0. The first-order chi connectivity index (χ1) is 13.3. The van der Waals surface area contributed by atoms with Crippen molar-refractivity contribution >= 4 is 16.7 Å². The van der Waals surface area contributed by atoms with Crippen molar-refractivity contribution in [3.8, 4) is 0 Å². The van der Waals surface area contributed by atoms with Gasteiger partial charge in [0, 0.05) is 17.2 Å². The van der Waals surface area contributed by atoms with Gasteiger partial charge in [-0.1, -0.05) is 78.9 Å². The number of benzene rings is 4. The van der Waals surface area contributed by atoms with Crippen LogP contribution in [0.5, 0.6) is 0 Å². The van der Waals surface area contributed by atoms with Gasteiger partial charge in [0.1, 0.15) is 0 Å². The van der Waals surface area contributed by atoms with Crippen LogP contribution < -0.4 is 0 Å². The van der Waals surface area contributed by atoms with Crippen molar-refractivity contribution in [1.29, 1.82) is 0 Å². The van der Waals surface area contributed by atoms with E-state index in [0.29, 0.717) is 5.56 Å². The molecule has 0 aliphatic rings. The molecule has 0 aliphatic heterocycles. The Morgan fingerprint density at radius 3 is 1.48 bits per heavy atom. The number of carbonyl (C=O) groups is 1. The summed E-state index contributed by atoms with van der Waals surface area (Å²) in [7, 11) is -0.250. The summed E-state index contributed by atoms with van der Waals surface area (Å²) in [5.74, 6) is 0.0575. The Morgan fingerprint density at radius 2 is 0.926 bits per heavy atom. The zero-order valence-electron chi connectivity index (χ0n) is 14.8. The van der Waals surface area contributed by atoms with Gasteiger partial charge in [-0.25, -0.2) is 0 Å². The average Bonchev–Trinajstić information content (AvgIpc) is 2.76. The summed E-state index contributed by atoms with van der Waals surface area (Å²) in [5, 5.41) is 0. The molecule has 0 spiro atoms. The molecule has 0 saturated heterocycles. The van der Waals surface area contributed by atoms with E-state index in [9.17, 15) is 4.79 Å². The van der Waals surface area contributed by atoms with Gasteiger partial charge in [0.15, 0.2) is 20.5 Å². The van der Waals surface area contributed by atoms with Crippen molar-refractivity contribution < 1.29 is 4.79 Å². The second-order valence-electron chi connectivity index (χ2n) is 6.16. The largest absolute Gasteiger partial charge is 0.289 e. The van der Waals surface area contributed by atoms with Crippen LogP contribution in [0, 0.1) is 0 Å². The Balaban J connectivity index is 1.79. The highest BCUT2D eigenvalue weighted by atomic mass is 32.2. The maximum Gasteiger partial charge on any atom is 0.193 e. The van der Waals surface area contributed by atoms with E-state index in [0.717, 1.165) is 10.5 Å². The molecule has 0 bridgehead atoms. The number of hydrogen-bond donors (Lipinski definition) is 0. The van der Waals surface area contributed by atoms with Gasteiger partial charge in [-0.2, -0.15) is 0 Å². The normalized spacial score (nSPS) is 10.7. The highest BCUT2D eigenvalue weighted by molar-refractivity contribution is 7.97.